The SMILES string of the molecule is CCCOCCOC(C)CCCNC. The maximum absolute atomic E-state index is 5.58. The van der Waals surface area contributed by atoms with Crippen LogP contribution in [0.1, 0.15) is 33.1 Å². The molecule has 0 saturated carbocycles. The van der Waals surface area contributed by atoms with Crippen molar-refractivity contribution in [1.29, 1.82) is 0 Å². The molecular weight excluding hydrogens is 178 g/mol. The summed E-state index contributed by atoms with van der Waals surface area (Å²) in [5.41, 5.74) is 0. The second-order valence-electron chi connectivity index (χ2n) is 3.54. The number of ether oxygens (including phenoxy) is 2. The van der Waals surface area contributed by atoms with Crippen LogP contribution < -0.4 is 5.32 Å². The molecule has 0 heterocycles. The second-order valence-corrected chi connectivity index (χ2v) is 3.54. The molecule has 1 unspecified atom stereocenters. The van der Waals surface area contributed by atoms with Gasteiger partial charge in [-0.1, -0.05) is 6.92 Å². The zero-order valence-electron chi connectivity index (χ0n) is 9.84. The van der Waals surface area contributed by atoms with Crippen LogP contribution in [-0.4, -0.2) is 39.5 Å². The maximum atomic E-state index is 5.58. The molecule has 0 aliphatic rings. The van der Waals surface area contributed by atoms with Crippen molar-refractivity contribution in [1.82, 2.24) is 5.32 Å². The highest BCUT2D eigenvalue weighted by molar-refractivity contribution is 4.52. The lowest BCUT2D eigenvalue weighted by Gasteiger charge is -2.12. The van der Waals surface area contributed by atoms with E-state index in [1.54, 1.807) is 0 Å². The fourth-order valence-corrected chi connectivity index (χ4v) is 1.20. The van der Waals surface area contributed by atoms with Crippen molar-refractivity contribution in [2.24, 2.45) is 0 Å². The van der Waals surface area contributed by atoms with Crippen molar-refractivity contribution in [2.75, 3.05) is 33.4 Å². The summed E-state index contributed by atoms with van der Waals surface area (Å²) < 4.78 is 10.9. The van der Waals surface area contributed by atoms with Crippen LogP contribution in [-0.2, 0) is 9.47 Å². The van der Waals surface area contributed by atoms with Gasteiger partial charge in [-0.15, -0.1) is 0 Å². The van der Waals surface area contributed by atoms with Crippen LogP contribution >= 0.6 is 0 Å². The maximum Gasteiger partial charge on any atom is 0.0704 e. The molecule has 0 rings (SSSR count). The van der Waals surface area contributed by atoms with Gasteiger partial charge in [-0.2, -0.15) is 0 Å². The van der Waals surface area contributed by atoms with E-state index in [4.69, 9.17) is 9.47 Å². The topological polar surface area (TPSA) is 30.5 Å². The molecule has 1 atom stereocenters. The van der Waals surface area contributed by atoms with Gasteiger partial charge in [-0.05, 0) is 39.8 Å². The number of rotatable bonds is 10. The molecule has 14 heavy (non-hydrogen) atoms. The Morgan fingerprint density at radius 1 is 1.21 bits per heavy atom. The van der Waals surface area contributed by atoms with Crippen molar-refractivity contribution in [2.45, 2.75) is 39.2 Å². The molecule has 86 valence electrons. The summed E-state index contributed by atoms with van der Waals surface area (Å²) in [4.78, 5) is 0. The smallest absolute Gasteiger partial charge is 0.0704 e. The Bertz CT molecular complexity index is 109. The lowest BCUT2D eigenvalue weighted by Crippen LogP contribution is -2.16. The molecule has 0 aromatic heterocycles. The molecule has 0 aliphatic heterocycles. The first-order chi connectivity index (χ1) is 6.81. The Morgan fingerprint density at radius 3 is 2.64 bits per heavy atom. The molecule has 0 spiro atoms. The summed E-state index contributed by atoms with van der Waals surface area (Å²) in [7, 11) is 1.98. The average Bonchev–Trinajstić information content (AvgIpc) is 2.18. The molecule has 1 N–H and O–H groups in total. The summed E-state index contributed by atoms with van der Waals surface area (Å²) in [5.74, 6) is 0. The number of hydrogen-bond donors (Lipinski definition) is 1. The van der Waals surface area contributed by atoms with Gasteiger partial charge in [0.15, 0.2) is 0 Å². The predicted octanol–water partition coefficient (Wildman–Crippen LogP) is 1.82. The van der Waals surface area contributed by atoms with Crippen LogP contribution in [0.2, 0.25) is 0 Å². The summed E-state index contributed by atoms with van der Waals surface area (Å²) in [6.07, 6.45) is 3.73. The Kier molecular flexibility index (Phi) is 10.9. The quantitative estimate of drug-likeness (QED) is 0.549. The third-order valence-corrected chi connectivity index (χ3v) is 2.02. The lowest BCUT2D eigenvalue weighted by molar-refractivity contribution is 0.00880. The van der Waals surface area contributed by atoms with Gasteiger partial charge < -0.3 is 14.8 Å². The van der Waals surface area contributed by atoms with E-state index in [1.165, 1.54) is 6.42 Å². The van der Waals surface area contributed by atoms with Gasteiger partial charge in [-0.3, -0.25) is 0 Å². The van der Waals surface area contributed by atoms with Crippen LogP contribution in [0, 0.1) is 0 Å². The molecule has 0 bridgehead atoms. The lowest BCUT2D eigenvalue weighted by atomic mass is 10.2. The molecule has 3 nitrogen and oxygen atoms in total. The highest BCUT2D eigenvalue weighted by Crippen LogP contribution is 2.00. The van der Waals surface area contributed by atoms with Crippen LogP contribution in [0.3, 0.4) is 0 Å². The van der Waals surface area contributed by atoms with Gasteiger partial charge in [-0.25, -0.2) is 0 Å². The summed E-state index contributed by atoms with van der Waals surface area (Å²) >= 11 is 0. The fourth-order valence-electron chi connectivity index (χ4n) is 1.20. The minimum Gasteiger partial charge on any atom is -0.379 e. The number of nitrogens with one attached hydrogen (secondary N) is 1. The highest BCUT2D eigenvalue weighted by atomic mass is 16.5. The molecule has 0 fully saturated rings. The van der Waals surface area contributed by atoms with Crippen molar-refractivity contribution in [3.8, 4) is 0 Å². The van der Waals surface area contributed by atoms with Crippen molar-refractivity contribution in [3.05, 3.63) is 0 Å². The molecule has 0 aromatic rings. The van der Waals surface area contributed by atoms with E-state index in [1.807, 2.05) is 7.05 Å². The fraction of sp³-hybridized carbons (Fsp3) is 1.00. The first kappa shape index (κ1) is 13.9. The van der Waals surface area contributed by atoms with E-state index in [2.05, 4.69) is 19.2 Å². The zero-order chi connectivity index (χ0) is 10.6. The zero-order valence-corrected chi connectivity index (χ0v) is 9.84. The Morgan fingerprint density at radius 2 is 2.00 bits per heavy atom. The first-order valence-corrected chi connectivity index (χ1v) is 5.65. The predicted molar refractivity (Wildman–Crippen MR) is 59.7 cm³/mol. The Hall–Kier alpha value is -0.120. The normalized spacial score (nSPS) is 13.1. The summed E-state index contributed by atoms with van der Waals surface area (Å²) in [6.45, 7) is 7.60. The summed E-state index contributed by atoms with van der Waals surface area (Å²) in [5, 5.41) is 3.13. The monoisotopic (exact) mass is 203 g/mol. The Labute approximate surface area is 88.2 Å². The van der Waals surface area contributed by atoms with Crippen LogP contribution in [0.15, 0.2) is 0 Å². The van der Waals surface area contributed by atoms with E-state index < -0.39 is 0 Å². The van der Waals surface area contributed by atoms with Gasteiger partial charge in [0.05, 0.1) is 19.3 Å². The molecule has 0 amide bonds. The van der Waals surface area contributed by atoms with Crippen LogP contribution in [0.5, 0.6) is 0 Å². The molecule has 0 aromatic carbocycles. The van der Waals surface area contributed by atoms with Gasteiger partial charge in [0, 0.05) is 6.61 Å². The number of hydrogen-bond acceptors (Lipinski definition) is 3. The standard InChI is InChI=1S/C11H25NO2/c1-4-8-13-9-10-14-11(2)6-5-7-12-3/h11-12H,4-10H2,1-3H3. The average molecular weight is 203 g/mol. The van der Waals surface area contributed by atoms with Crippen LogP contribution in [0.4, 0.5) is 0 Å². The highest BCUT2D eigenvalue weighted by Gasteiger charge is 2.00. The van der Waals surface area contributed by atoms with E-state index in [0.717, 1.165) is 39.2 Å². The van der Waals surface area contributed by atoms with Gasteiger partial charge in [0.25, 0.3) is 0 Å². The van der Waals surface area contributed by atoms with Crippen LogP contribution in [0.25, 0.3) is 0 Å². The van der Waals surface area contributed by atoms with Gasteiger partial charge in [0.2, 0.25) is 0 Å². The molecule has 0 aliphatic carbocycles. The summed E-state index contributed by atoms with van der Waals surface area (Å²) in [6, 6.07) is 0. The van der Waals surface area contributed by atoms with E-state index in [9.17, 15) is 0 Å². The first-order valence-electron chi connectivity index (χ1n) is 5.65. The molecular formula is C11H25NO2. The largest absolute Gasteiger partial charge is 0.379 e. The minimum atomic E-state index is 0.355. The van der Waals surface area contributed by atoms with E-state index in [0.29, 0.717) is 6.10 Å². The van der Waals surface area contributed by atoms with E-state index in [-0.39, 0.29) is 0 Å². The third kappa shape index (κ3) is 9.96. The van der Waals surface area contributed by atoms with Gasteiger partial charge >= 0.3 is 0 Å². The van der Waals surface area contributed by atoms with Crippen molar-refractivity contribution < 1.29 is 9.47 Å². The second kappa shape index (κ2) is 11.0. The van der Waals surface area contributed by atoms with Crippen molar-refractivity contribution in [3.63, 3.8) is 0 Å². The molecule has 3 heteroatoms. The minimum absolute atomic E-state index is 0.355. The molecule has 0 radical (unpaired) electrons. The van der Waals surface area contributed by atoms with Gasteiger partial charge in [0.1, 0.15) is 0 Å². The van der Waals surface area contributed by atoms with E-state index >= 15 is 0 Å². The Balaban J connectivity index is 3.06. The molecule has 0 saturated heterocycles. The third-order valence-electron chi connectivity index (χ3n) is 2.02. The van der Waals surface area contributed by atoms with Crippen molar-refractivity contribution >= 4 is 0 Å².